The van der Waals surface area contributed by atoms with Crippen LogP contribution in [0, 0.1) is 0 Å². The van der Waals surface area contributed by atoms with Gasteiger partial charge in [0.25, 0.3) is 0 Å². The maximum atomic E-state index is 10.6. The van der Waals surface area contributed by atoms with Crippen molar-refractivity contribution in [1.82, 2.24) is 0 Å². The fourth-order valence-electron chi connectivity index (χ4n) is 1.14. The van der Waals surface area contributed by atoms with Gasteiger partial charge < -0.3 is 9.52 Å². The fourth-order valence-corrected chi connectivity index (χ4v) is 1.14. The van der Waals surface area contributed by atoms with E-state index in [1.165, 1.54) is 6.26 Å². The molecule has 0 aliphatic heterocycles. The summed E-state index contributed by atoms with van der Waals surface area (Å²) in [4.78, 5) is 10.6. The van der Waals surface area contributed by atoms with E-state index < -0.39 is 5.97 Å². The summed E-state index contributed by atoms with van der Waals surface area (Å²) in [6.07, 6.45) is 1.26. The van der Waals surface area contributed by atoms with Crippen molar-refractivity contribution in [2.75, 3.05) is 0 Å². The predicted molar refractivity (Wildman–Crippen MR) is 54.5 cm³/mol. The molecule has 3 nitrogen and oxygen atoms in total. The Balaban J connectivity index is 0.000000461. The van der Waals surface area contributed by atoms with Gasteiger partial charge in [-0.15, -0.1) is 0 Å². The third kappa shape index (κ3) is 1.76. The van der Waals surface area contributed by atoms with Crippen molar-refractivity contribution >= 4 is 16.9 Å². The van der Waals surface area contributed by atoms with Gasteiger partial charge >= 0.3 is 5.97 Å². The van der Waals surface area contributed by atoms with E-state index in [0.717, 1.165) is 0 Å². The molecular formula is C11H12O3. The first-order valence-electron chi connectivity index (χ1n) is 4.48. The molecule has 0 fully saturated rings. The minimum Gasteiger partial charge on any atom is -0.478 e. The average molecular weight is 192 g/mol. The lowest BCUT2D eigenvalue weighted by molar-refractivity contribution is 0.0698. The number of carboxylic acid groups (broad SMARTS) is 1. The van der Waals surface area contributed by atoms with E-state index in [-0.39, 0.29) is 5.56 Å². The zero-order valence-corrected chi connectivity index (χ0v) is 8.15. The maximum absolute atomic E-state index is 10.6. The number of fused-ring (bicyclic) bond motifs is 1. The van der Waals surface area contributed by atoms with Gasteiger partial charge in [-0.2, -0.15) is 0 Å². The topological polar surface area (TPSA) is 50.4 Å². The SMILES string of the molecule is CC.O=C(O)c1coc2ccccc12. The van der Waals surface area contributed by atoms with E-state index in [1.54, 1.807) is 24.3 Å². The second kappa shape index (κ2) is 4.46. The number of hydrogen-bond acceptors (Lipinski definition) is 2. The van der Waals surface area contributed by atoms with Gasteiger partial charge in [0.1, 0.15) is 17.4 Å². The Morgan fingerprint density at radius 1 is 1.29 bits per heavy atom. The van der Waals surface area contributed by atoms with Crippen LogP contribution in [-0.4, -0.2) is 11.1 Å². The van der Waals surface area contributed by atoms with Crippen molar-refractivity contribution in [2.24, 2.45) is 0 Å². The highest BCUT2D eigenvalue weighted by atomic mass is 16.4. The third-order valence-corrected chi connectivity index (χ3v) is 1.71. The molecule has 0 atom stereocenters. The molecule has 0 aliphatic rings. The summed E-state index contributed by atoms with van der Waals surface area (Å²) in [5, 5.41) is 9.36. The van der Waals surface area contributed by atoms with Crippen LogP contribution >= 0.6 is 0 Å². The van der Waals surface area contributed by atoms with Gasteiger partial charge in [0.05, 0.1) is 0 Å². The standard InChI is InChI=1S/C9H6O3.C2H6/c10-9(11)7-5-12-8-4-2-1-3-6(7)8;1-2/h1-5H,(H,10,11);1-2H3. The second-order valence-corrected chi connectivity index (χ2v) is 2.45. The average Bonchev–Trinajstić information content (AvgIpc) is 2.64. The molecule has 1 aromatic heterocycles. The number of carboxylic acids is 1. The fraction of sp³-hybridized carbons (Fsp3) is 0.182. The molecule has 3 heteroatoms. The largest absolute Gasteiger partial charge is 0.478 e. The monoisotopic (exact) mass is 192 g/mol. The summed E-state index contributed by atoms with van der Waals surface area (Å²) >= 11 is 0. The molecular weight excluding hydrogens is 180 g/mol. The zero-order valence-electron chi connectivity index (χ0n) is 8.15. The first-order valence-corrected chi connectivity index (χ1v) is 4.48. The molecule has 0 spiro atoms. The molecule has 0 unspecified atom stereocenters. The van der Waals surface area contributed by atoms with Gasteiger partial charge in [0.2, 0.25) is 0 Å². The number of para-hydroxylation sites is 1. The summed E-state index contributed by atoms with van der Waals surface area (Å²) < 4.78 is 5.03. The van der Waals surface area contributed by atoms with E-state index in [4.69, 9.17) is 9.52 Å². The molecule has 0 amide bonds. The van der Waals surface area contributed by atoms with Crippen LogP contribution in [-0.2, 0) is 0 Å². The van der Waals surface area contributed by atoms with Crippen molar-refractivity contribution in [3.05, 3.63) is 36.1 Å². The van der Waals surface area contributed by atoms with E-state index >= 15 is 0 Å². The highest BCUT2D eigenvalue weighted by Gasteiger charge is 2.10. The van der Waals surface area contributed by atoms with Crippen molar-refractivity contribution < 1.29 is 14.3 Å². The third-order valence-electron chi connectivity index (χ3n) is 1.71. The van der Waals surface area contributed by atoms with Gasteiger partial charge in [0.15, 0.2) is 0 Å². The Morgan fingerprint density at radius 3 is 2.57 bits per heavy atom. The van der Waals surface area contributed by atoms with Crippen molar-refractivity contribution in [3.63, 3.8) is 0 Å². The van der Waals surface area contributed by atoms with Crippen molar-refractivity contribution in [1.29, 1.82) is 0 Å². The minimum atomic E-state index is -0.958. The molecule has 1 N–H and O–H groups in total. The van der Waals surface area contributed by atoms with Crippen LogP contribution < -0.4 is 0 Å². The van der Waals surface area contributed by atoms with E-state index in [2.05, 4.69) is 0 Å². The highest BCUT2D eigenvalue weighted by molar-refractivity contribution is 6.02. The smallest absolute Gasteiger partial charge is 0.339 e. The van der Waals surface area contributed by atoms with Crippen LogP contribution in [0.3, 0.4) is 0 Å². The molecule has 2 aromatic rings. The van der Waals surface area contributed by atoms with Crippen LogP contribution in [0.5, 0.6) is 0 Å². The van der Waals surface area contributed by atoms with Gasteiger partial charge in [-0.25, -0.2) is 4.79 Å². The zero-order chi connectivity index (χ0) is 10.6. The number of carbonyl (C=O) groups is 1. The van der Waals surface area contributed by atoms with Crippen LogP contribution in [0.25, 0.3) is 11.0 Å². The van der Waals surface area contributed by atoms with Crippen molar-refractivity contribution in [3.8, 4) is 0 Å². The molecule has 0 saturated heterocycles. The lowest BCUT2D eigenvalue weighted by atomic mass is 10.2. The van der Waals surface area contributed by atoms with Crippen LogP contribution in [0.1, 0.15) is 24.2 Å². The first kappa shape index (κ1) is 10.3. The van der Waals surface area contributed by atoms with Gasteiger partial charge in [-0.05, 0) is 6.07 Å². The van der Waals surface area contributed by atoms with Crippen LogP contribution in [0.4, 0.5) is 0 Å². The quantitative estimate of drug-likeness (QED) is 0.755. The molecule has 74 valence electrons. The van der Waals surface area contributed by atoms with Gasteiger partial charge in [-0.3, -0.25) is 0 Å². The summed E-state index contributed by atoms with van der Waals surface area (Å²) in [6.45, 7) is 4.00. The lowest BCUT2D eigenvalue weighted by Crippen LogP contribution is -1.92. The Hall–Kier alpha value is -1.77. The van der Waals surface area contributed by atoms with E-state index in [1.807, 2.05) is 13.8 Å². The van der Waals surface area contributed by atoms with E-state index in [0.29, 0.717) is 11.0 Å². The normalized spacial score (nSPS) is 9.29. The summed E-state index contributed by atoms with van der Waals surface area (Å²) in [5.41, 5.74) is 0.820. The summed E-state index contributed by atoms with van der Waals surface area (Å²) in [7, 11) is 0. The molecule has 1 aromatic carbocycles. The highest BCUT2D eigenvalue weighted by Crippen LogP contribution is 2.19. The number of rotatable bonds is 1. The Morgan fingerprint density at radius 2 is 1.93 bits per heavy atom. The summed E-state index contributed by atoms with van der Waals surface area (Å²) in [6, 6.07) is 7.05. The molecule has 14 heavy (non-hydrogen) atoms. The van der Waals surface area contributed by atoms with Crippen LogP contribution in [0.15, 0.2) is 34.9 Å². The second-order valence-electron chi connectivity index (χ2n) is 2.45. The molecule has 0 bridgehead atoms. The summed E-state index contributed by atoms with van der Waals surface area (Å²) in [5.74, 6) is -0.958. The number of aromatic carboxylic acids is 1. The molecule has 0 aliphatic carbocycles. The Kier molecular flexibility index (Phi) is 3.29. The first-order chi connectivity index (χ1) is 6.79. The predicted octanol–water partition coefficient (Wildman–Crippen LogP) is 3.16. The number of furan rings is 1. The van der Waals surface area contributed by atoms with Crippen LogP contribution in [0.2, 0.25) is 0 Å². The Labute approximate surface area is 82.0 Å². The molecule has 0 saturated carbocycles. The number of benzene rings is 1. The van der Waals surface area contributed by atoms with Crippen molar-refractivity contribution in [2.45, 2.75) is 13.8 Å². The minimum absolute atomic E-state index is 0.214. The Bertz CT molecular complexity index is 429. The van der Waals surface area contributed by atoms with Gasteiger partial charge in [-0.1, -0.05) is 32.0 Å². The number of hydrogen-bond donors (Lipinski definition) is 1. The van der Waals surface area contributed by atoms with Gasteiger partial charge in [0, 0.05) is 5.39 Å². The molecule has 2 rings (SSSR count). The lowest BCUT2D eigenvalue weighted by Gasteiger charge is -1.87. The maximum Gasteiger partial charge on any atom is 0.339 e. The van der Waals surface area contributed by atoms with E-state index in [9.17, 15) is 4.79 Å². The molecule has 0 radical (unpaired) electrons. The molecule has 1 heterocycles.